The number of hydrazone groups is 1. The lowest BCUT2D eigenvalue weighted by molar-refractivity contribution is 1.24. The molecule has 0 bridgehead atoms. The molecule has 1 aromatic heterocycles. The number of nitrogens with zero attached hydrogens (tertiary/aromatic N) is 2. The molecule has 2 aromatic rings. The summed E-state index contributed by atoms with van der Waals surface area (Å²) in [6.07, 6.45) is 1.10. The van der Waals surface area contributed by atoms with Gasteiger partial charge in [0.25, 0.3) is 0 Å². The zero-order valence-corrected chi connectivity index (χ0v) is 10.3. The van der Waals surface area contributed by atoms with Gasteiger partial charge < -0.3 is 0 Å². The standard InChI is InChI=1S/C11H11N3S2/c1-2-4-10-9(3-1)12-11(16-10)14-13-8-5-6-15-7-8/h1-4H,5-7H2,(H,12,14)/b13-8+. The predicted molar refractivity (Wildman–Crippen MR) is 72.6 cm³/mol. The van der Waals surface area contributed by atoms with Crippen LogP contribution in [0.5, 0.6) is 0 Å². The van der Waals surface area contributed by atoms with E-state index in [1.807, 2.05) is 30.0 Å². The van der Waals surface area contributed by atoms with E-state index >= 15 is 0 Å². The van der Waals surface area contributed by atoms with E-state index in [0.717, 1.165) is 22.8 Å². The van der Waals surface area contributed by atoms with Crippen LogP contribution in [0.4, 0.5) is 5.13 Å². The van der Waals surface area contributed by atoms with Crippen LogP contribution >= 0.6 is 23.1 Å². The van der Waals surface area contributed by atoms with Gasteiger partial charge in [-0.15, -0.1) is 0 Å². The molecule has 1 saturated heterocycles. The summed E-state index contributed by atoms with van der Waals surface area (Å²) in [6, 6.07) is 8.14. The smallest absolute Gasteiger partial charge is 0.204 e. The third-order valence-corrected chi connectivity index (χ3v) is 4.38. The predicted octanol–water partition coefficient (Wildman–Crippen LogP) is 3.20. The fourth-order valence-corrected chi connectivity index (χ4v) is 3.36. The minimum Gasteiger partial charge on any atom is -0.253 e. The number of rotatable bonds is 2. The van der Waals surface area contributed by atoms with E-state index in [1.165, 1.54) is 16.2 Å². The Morgan fingerprint density at radius 3 is 3.06 bits per heavy atom. The molecule has 5 heteroatoms. The second-order valence-electron chi connectivity index (χ2n) is 3.58. The molecule has 1 aliphatic rings. The fraction of sp³-hybridized carbons (Fsp3) is 0.273. The van der Waals surface area contributed by atoms with E-state index in [4.69, 9.17) is 0 Å². The number of anilines is 1. The molecule has 0 amide bonds. The molecule has 2 heterocycles. The highest BCUT2D eigenvalue weighted by atomic mass is 32.2. The number of nitrogens with one attached hydrogen (secondary N) is 1. The second kappa shape index (κ2) is 4.43. The highest BCUT2D eigenvalue weighted by Crippen LogP contribution is 2.25. The molecule has 0 saturated carbocycles. The summed E-state index contributed by atoms with van der Waals surface area (Å²) in [5.41, 5.74) is 5.34. The SMILES string of the molecule is c1ccc2sc(N/N=C3\CCSC3)nc2c1. The Balaban J connectivity index is 1.81. The third kappa shape index (κ3) is 2.05. The first-order valence-corrected chi connectivity index (χ1v) is 7.14. The zero-order valence-electron chi connectivity index (χ0n) is 8.64. The minimum atomic E-state index is 0.880. The van der Waals surface area contributed by atoms with Crippen molar-refractivity contribution in [2.24, 2.45) is 5.10 Å². The molecule has 1 N–H and O–H groups in total. The van der Waals surface area contributed by atoms with E-state index in [-0.39, 0.29) is 0 Å². The first-order valence-electron chi connectivity index (χ1n) is 5.16. The van der Waals surface area contributed by atoms with Gasteiger partial charge in [0.2, 0.25) is 5.13 Å². The summed E-state index contributed by atoms with van der Waals surface area (Å²) in [7, 11) is 0. The highest BCUT2D eigenvalue weighted by Gasteiger charge is 2.08. The largest absolute Gasteiger partial charge is 0.253 e. The van der Waals surface area contributed by atoms with Crippen LogP contribution < -0.4 is 5.43 Å². The Bertz CT molecular complexity index is 492. The minimum absolute atomic E-state index is 0.880. The molecule has 1 aromatic carbocycles. The summed E-state index contributed by atoms with van der Waals surface area (Å²) in [6.45, 7) is 0. The molecule has 3 nitrogen and oxygen atoms in total. The number of hydrogen-bond acceptors (Lipinski definition) is 5. The molecule has 0 aliphatic carbocycles. The van der Waals surface area contributed by atoms with Crippen LogP contribution in [0.3, 0.4) is 0 Å². The third-order valence-electron chi connectivity index (χ3n) is 2.41. The van der Waals surface area contributed by atoms with Crippen molar-refractivity contribution >= 4 is 44.2 Å². The van der Waals surface area contributed by atoms with Gasteiger partial charge in [0, 0.05) is 11.5 Å². The van der Waals surface area contributed by atoms with Gasteiger partial charge in [-0.05, 0) is 24.3 Å². The van der Waals surface area contributed by atoms with Crippen LogP contribution in [-0.2, 0) is 0 Å². The van der Waals surface area contributed by atoms with Crippen molar-refractivity contribution in [3.05, 3.63) is 24.3 Å². The van der Waals surface area contributed by atoms with Crippen molar-refractivity contribution in [2.45, 2.75) is 6.42 Å². The molecule has 1 aliphatic heterocycles. The summed E-state index contributed by atoms with van der Waals surface area (Å²) < 4.78 is 1.20. The Morgan fingerprint density at radius 1 is 1.31 bits per heavy atom. The van der Waals surface area contributed by atoms with Gasteiger partial charge in [0.05, 0.1) is 10.2 Å². The average molecular weight is 249 g/mol. The Morgan fingerprint density at radius 2 is 2.25 bits per heavy atom. The fourth-order valence-electron chi connectivity index (χ4n) is 1.59. The van der Waals surface area contributed by atoms with Gasteiger partial charge in [0.1, 0.15) is 0 Å². The van der Waals surface area contributed by atoms with E-state index < -0.39 is 0 Å². The number of aromatic nitrogens is 1. The van der Waals surface area contributed by atoms with Gasteiger partial charge in [-0.3, -0.25) is 5.43 Å². The van der Waals surface area contributed by atoms with Crippen molar-refractivity contribution in [1.29, 1.82) is 0 Å². The normalized spacial score (nSPS) is 18.4. The Kier molecular flexibility index (Phi) is 2.80. The number of thioether (sulfide) groups is 1. The van der Waals surface area contributed by atoms with E-state index in [9.17, 15) is 0 Å². The number of benzene rings is 1. The lowest BCUT2D eigenvalue weighted by Crippen LogP contribution is -1.99. The lowest BCUT2D eigenvalue weighted by Gasteiger charge is -1.95. The molecule has 0 radical (unpaired) electrons. The molecule has 0 unspecified atom stereocenters. The topological polar surface area (TPSA) is 37.3 Å². The van der Waals surface area contributed by atoms with Crippen LogP contribution in [0.1, 0.15) is 6.42 Å². The number of hydrogen-bond donors (Lipinski definition) is 1. The zero-order chi connectivity index (χ0) is 10.8. The summed E-state index contributed by atoms with van der Waals surface area (Å²) in [4.78, 5) is 4.47. The van der Waals surface area contributed by atoms with Crippen LogP contribution in [0.2, 0.25) is 0 Å². The quantitative estimate of drug-likeness (QED) is 0.830. The second-order valence-corrected chi connectivity index (χ2v) is 5.71. The maximum absolute atomic E-state index is 4.47. The number of para-hydroxylation sites is 1. The molecule has 0 spiro atoms. The molecule has 1 fully saturated rings. The van der Waals surface area contributed by atoms with Gasteiger partial charge in [-0.2, -0.15) is 16.9 Å². The Hall–Kier alpha value is -1.07. The Labute approximate surface area is 102 Å². The molecule has 3 rings (SSSR count). The summed E-state index contributed by atoms with van der Waals surface area (Å²) in [5, 5.41) is 5.26. The molecule has 16 heavy (non-hydrogen) atoms. The monoisotopic (exact) mass is 249 g/mol. The van der Waals surface area contributed by atoms with E-state index in [2.05, 4.69) is 21.6 Å². The maximum Gasteiger partial charge on any atom is 0.204 e. The van der Waals surface area contributed by atoms with E-state index in [0.29, 0.717) is 0 Å². The number of fused-ring (bicyclic) bond motifs is 1. The van der Waals surface area contributed by atoms with Gasteiger partial charge in [-0.1, -0.05) is 23.5 Å². The van der Waals surface area contributed by atoms with Gasteiger partial charge >= 0.3 is 0 Å². The van der Waals surface area contributed by atoms with Crippen molar-refractivity contribution in [1.82, 2.24) is 4.98 Å². The van der Waals surface area contributed by atoms with Crippen LogP contribution in [0, 0.1) is 0 Å². The van der Waals surface area contributed by atoms with Crippen molar-refractivity contribution in [2.75, 3.05) is 16.9 Å². The van der Waals surface area contributed by atoms with Crippen molar-refractivity contribution in [3.8, 4) is 0 Å². The van der Waals surface area contributed by atoms with Gasteiger partial charge in [0.15, 0.2) is 0 Å². The van der Waals surface area contributed by atoms with Crippen LogP contribution in [-0.4, -0.2) is 22.2 Å². The van der Waals surface area contributed by atoms with Crippen LogP contribution in [0.15, 0.2) is 29.4 Å². The summed E-state index contributed by atoms with van der Waals surface area (Å²) >= 11 is 3.58. The molecule has 0 atom stereocenters. The molecule has 82 valence electrons. The van der Waals surface area contributed by atoms with Crippen LogP contribution in [0.25, 0.3) is 10.2 Å². The van der Waals surface area contributed by atoms with Crippen molar-refractivity contribution < 1.29 is 0 Å². The average Bonchev–Trinajstić information content (AvgIpc) is 2.95. The van der Waals surface area contributed by atoms with Crippen molar-refractivity contribution in [3.63, 3.8) is 0 Å². The summed E-state index contributed by atoms with van der Waals surface area (Å²) in [5.74, 6) is 2.25. The van der Waals surface area contributed by atoms with E-state index in [1.54, 1.807) is 11.3 Å². The highest BCUT2D eigenvalue weighted by molar-refractivity contribution is 8.00. The maximum atomic E-state index is 4.47. The molecular formula is C11H11N3S2. The first-order chi connectivity index (χ1) is 7.92. The lowest BCUT2D eigenvalue weighted by atomic mass is 10.3. The number of thiazole rings is 1. The van der Waals surface area contributed by atoms with Gasteiger partial charge in [-0.25, -0.2) is 4.98 Å². The molecular weight excluding hydrogens is 238 g/mol. The first kappa shape index (κ1) is 10.1.